The van der Waals surface area contributed by atoms with Crippen LogP contribution in [0.5, 0.6) is 0 Å². The van der Waals surface area contributed by atoms with E-state index in [4.69, 9.17) is 9.47 Å². The van der Waals surface area contributed by atoms with E-state index >= 15 is 0 Å². The summed E-state index contributed by atoms with van der Waals surface area (Å²) in [4.78, 5) is 0. The van der Waals surface area contributed by atoms with E-state index in [1.165, 1.54) is 0 Å². The Morgan fingerprint density at radius 3 is 2.17 bits per heavy atom. The maximum Gasteiger partial charge on any atom is 0.212 e. The van der Waals surface area contributed by atoms with Gasteiger partial charge in [0.1, 0.15) is 12.7 Å². The highest BCUT2D eigenvalue weighted by Gasteiger charge is 2.34. The van der Waals surface area contributed by atoms with Gasteiger partial charge in [-0.15, -0.1) is 0 Å². The molecule has 3 rings (SSSR count). The predicted octanol–water partition coefficient (Wildman–Crippen LogP) is 3.14. The summed E-state index contributed by atoms with van der Waals surface area (Å²) in [7, 11) is 0. The predicted molar refractivity (Wildman–Crippen MR) is 89.2 cm³/mol. The summed E-state index contributed by atoms with van der Waals surface area (Å²) in [6.45, 7) is 1.40. The summed E-state index contributed by atoms with van der Waals surface area (Å²) in [5, 5.41) is 11.9. The average Bonchev–Trinajstić information content (AvgIpc) is 2.95. The zero-order valence-corrected chi connectivity index (χ0v) is 13.0. The van der Waals surface area contributed by atoms with Crippen LogP contribution in [0.2, 0.25) is 0 Å². The molecule has 1 aliphatic rings. The van der Waals surface area contributed by atoms with Crippen LogP contribution >= 0.6 is 0 Å². The molecule has 0 N–H and O–H groups in total. The van der Waals surface area contributed by atoms with Crippen molar-refractivity contribution in [3.05, 3.63) is 77.0 Å². The van der Waals surface area contributed by atoms with Crippen LogP contribution in [0.15, 0.2) is 60.7 Å². The first-order valence-electron chi connectivity index (χ1n) is 7.89. The van der Waals surface area contributed by atoms with Crippen molar-refractivity contribution >= 4 is 6.21 Å². The molecule has 4 heteroatoms. The first kappa shape index (κ1) is 15.7. The Labute approximate surface area is 136 Å². The number of hydroxylamine groups is 1. The highest BCUT2D eigenvalue weighted by atomic mass is 16.5. The van der Waals surface area contributed by atoms with Gasteiger partial charge in [-0.05, 0) is 11.1 Å². The van der Waals surface area contributed by atoms with Crippen molar-refractivity contribution in [3.63, 3.8) is 0 Å². The van der Waals surface area contributed by atoms with Gasteiger partial charge in [0.2, 0.25) is 6.04 Å². The SMILES string of the molecule is [O-][N+]1=CCC(OCc2ccccc2)C1COCc1ccccc1. The van der Waals surface area contributed by atoms with Gasteiger partial charge in [0, 0.05) is 0 Å². The molecular weight excluding hydrogens is 290 g/mol. The number of rotatable bonds is 7. The number of ether oxygens (including phenoxy) is 2. The monoisotopic (exact) mass is 311 g/mol. The fraction of sp³-hybridized carbons (Fsp3) is 0.316. The second-order valence-electron chi connectivity index (χ2n) is 5.68. The van der Waals surface area contributed by atoms with Crippen molar-refractivity contribution < 1.29 is 14.2 Å². The third-order valence-corrected chi connectivity index (χ3v) is 3.98. The molecule has 2 unspecified atom stereocenters. The number of hydrogen-bond donors (Lipinski definition) is 0. The minimum absolute atomic E-state index is 0.122. The van der Waals surface area contributed by atoms with Crippen molar-refractivity contribution in [2.24, 2.45) is 0 Å². The number of benzene rings is 2. The Morgan fingerprint density at radius 1 is 0.913 bits per heavy atom. The Hall–Kier alpha value is -2.17. The van der Waals surface area contributed by atoms with Crippen LogP contribution in [0.4, 0.5) is 0 Å². The molecule has 23 heavy (non-hydrogen) atoms. The Morgan fingerprint density at radius 2 is 1.52 bits per heavy atom. The third-order valence-electron chi connectivity index (χ3n) is 3.98. The molecular formula is C19H21NO3. The first-order valence-corrected chi connectivity index (χ1v) is 7.89. The summed E-state index contributed by atoms with van der Waals surface area (Å²) in [6.07, 6.45) is 2.16. The van der Waals surface area contributed by atoms with Crippen LogP contribution in [-0.2, 0) is 22.7 Å². The summed E-state index contributed by atoms with van der Waals surface area (Å²) >= 11 is 0. The molecule has 0 amide bonds. The Bertz CT molecular complexity index is 628. The molecule has 1 heterocycles. The van der Waals surface area contributed by atoms with Gasteiger partial charge in [-0.1, -0.05) is 60.7 Å². The van der Waals surface area contributed by atoms with Crippen molar-refractivity contribution in [3.8, 4) is 0 Å². The first-order chi connectivity index (χ1) is 11.3. The van der Waals surface area contributed by atoms with E-state index in [2.05, 4.69) is 0 Å². The van der Waals surface area contributed by atoms with Crippen LogP contribution in [0.3, 0.4) is 0 Å². The molecule has 2 aromatic rings. The number of nitrogens with zero attached hydrogens (tertiary/aromatic N) is 1. The van der Waals surface area contributed by atoms with Gasteiger partial charge < -0.3 is 14.7 Å². The Kier molecular flexibility index (Phi) is 5.40. The molecule has 0 fully saturated rings. The lowest BCUT2D eigenvalue weighted by molar-refractivity contribution is -0.504. The van der Waals surface area contributed by atoms with Crippen molar-refractivity contribution in [2.75, 3.05) is 6.61 Å². The smallest absolute Gasteiger partial charge is 0.212 e. The molecule has 120 valence electrons. The molecule has 4 nitrogen and oxygen atoms in total. The summed E-state index contributed by atoms with van der Waals surface area (Å²) in [5.74, 6) is 0. The van der Waals surface area contributed by atoms with Crippen LogP contribution < -0.4 is 0 Å². The second-order valence-corrected chi connectivity index (χ2v) is 5.68. The topological polar surface area (TPSA) is 44.5 Å². The second kappa shape index (κ2) is 7.90. The summed E-state index contributed by atoms with van der Waals surface area (Å²) in [6, 6.07) is 19.7. The molecule has 2 atom stereocenters. The van der Waals surface area contributed by atoms with Gasteiger partial charge in [-0.25, -0.2) is 4.74 Å². The lowest BCUT2D eigenvalue weighted by Gasteiger charge is -2.19. The maximum atomic E-state index is 11.9. The van der Waals surface area contributed by atoms with E-state index in [-0.39, 0.29) is 12.1 Å². The summed E-state index contributed by atoms with van der Waals surface area (Å²) < 4.78 is 12.6. The van der Waals surface area contributed by atoms with E-state index < -0.39 is 0 Å². The quantitative estimate of drug-likeness (QED) is 0.583. The molecule has 0 radical (unpaired) electrons. The lowest BCUT2D eigenvalue weighted by Crippen LogP contribution is -2.35. The Balaban J connectivity index is 1.49. The standard InChI is InChI=1S/C19H21NO3/c21-20-12-11-19(23-14-17-9-5-2-6-10-17)18(20)15-22-13-16-7-3-1-4-8-16/h1-10,12,18-19H,11,13-15H2. The van der Waals surface area contributed by atoms with E-state index in [0.717, 1.165) is 15.9 Å². The molecule has 0 spiro atoms. The molecule has 1 aliphatic heterocycles. The minimum atomic E-state index is -0.276. The lowest BCUT2D eigenvalue weighted by atomic mass is 10.1. The average molecular weight is 311 g/mol. The molecule has 0 saturated carbocycles. The zero-order chi connectivity index (χ0) is 15.9. The van der Waals surface area contributed by atoms with Crippen molar-refractivity contribution in [1.82, 2.24) is 0 Å². The highest BCUT2D eigenvalue weighted by Crippen LogP contribution is 2.16. The normalized spacial score (nSPS) is 20.4. The largest absolute Gasteiger partial charge is 0.624 e. The zero-order valence-electron chi connectivity index (χ0n) is 13.0. The summed E-state index contributed by atoms with van der Waals surface area (Å²) in [5.41, 5.74) is 2.22. The minimum Gasteiger partial charge on any atom is -0.624 e. The van der Waals surface area contributed by atoms with E-state index in [0.29, 0.717) is 26.2 Å². The van der Waals surface area contributed by atoms with Gasteiger partial charge in [-0.2, -0.15) is 0 Å². The third kappa shape index (κ3) is 4.41. The van der Waals surface area contributed by atoms with E-state index in [1.54, 1.807) is 6.21 Å². The highest BCUT2D eigenvalue weighted by molar-refractivity contribution is 5.54. The van der Waals surface area contributed by atoms with Gasteiger partial charge in [0.25, 0.3) is 0 Å². The molecule has 0 saturated heterocycles. The van der Waals surface area contributed by atoms with E-state index in [9.17, 15) is 5.21 Å². The molecule has 2 aromatic carbocycles. The number of hydrogen-bond acceptors (Lipinski definition) is 3. The molecule has 0 aliphatic carbocycles. The van der Waals surface area contributed by atoms with Gasteiger partial charge in [0.05, 0.1) is 19.6 Å². The van der Waals surface area contributed by atoms with Crippen molar-refractivity contribution in [2.45, 2.75) is 31.8 Å². The van der Waals surface area contributed by atoms with Gasteiger partial charge in [0.15, 0.2) is 6.21 Å². The van der Waals surface area contributed by atoms with E-state index in [1.807, 2.05) is 60.7 Å². The fourth-order valence-electron chi connectivity index (χ4n) is 2.67. The van der Waals surface area contributed by atoms with Crippen molar-refractivity contribution in [1.29, 1.82) is 0 Å². The van der Waals surface area contributed by atoms with Crippen LogP contribution in [0.25, 0.3) is 0 Å². The fourth-order valence-corrected chi connectivity index (χ4v) is 2.67. The van der Waals surface area contributed by atoms with Crippen LogP contribution in [-0.4, -0.2) is 29.7 Å². The van der Waals surface area contributed by atoms with Gasteiger partial charge >= 0.3 is 0 Å². The van der Waals surface area contributed by atoms with Crippen LogP contribution in [0, 0.1) is 5.21 Å². The maximum absolute atomic E-state index is 11.9. The van der Waals surface area contributed by atoms with Crippen LogP contribution in [0.1, 0.15) is 17.5 Å². The van der Waals surface area contributed by atoms with Gasteiger partial charge in [-0.3, -0.25) is 0 Å². The molecule has 0 bridgehead atoms. The molecule has 0 aromatic heterocycles.